The van der Waals surface area contributed by atoms with Crippen LogP contribution < -0.4 is 9.47 Å². The van der Waals surface area contributed by atoms with Gasteiger partial charge >= 0.3 is 12.2 Å². The van der Waals surface area contributed by atoms with E-state index < -0.39 is 17.8 Å². The number of aromatic nitrogens is 3. The number of nitrogens with zero attached hydrogens (tertiary/aromatic N) is 5. The maximum absolute atomic E-state index is 13.4. The van der Waals surface area contributed by atoms with Gasteiger partial charge in [0.2, 0.25) is 0 Å². The number of hydrogen-bond donors (Lipinski definition) is 0. The summed E-state index contributed by atoms with van der Waals surface area (Å²) in [4.78, 5) is 17.3. The summed E-state index contributed by atoms with van der Waals surface area (Å²) in [7, 11) is 0. The van der Waals surface area contributed by atoms with Gasteiger partial charge in [-0.05, 0) is 53.6 Å². The van der Waals surface area contributed by atoms with Crippen LogP contribution in [0.2, 0.25) is 0 Å². The van der Waals surface area contributed by atoms with E-state index in [1.54, 1.807) is 4.90 Å². The molecule has 0 unspecified atom stereocenters. The van der Waals surface area contributed by atoms with Gasteiger partial charge in [0.15, 0.2) is 13.6 Å². The van der Waals surface area contributed by atoms with Crippen molar-refractivity contribution in [3.63, 3.8) is 0 Å². The predicted molar refractivity (Wildman–Crippen MR) is 142 cm³/mol. The van der Waals surface area contributed by atoms with Crippen molar-refractivity contribution >= 4 is 17.1 Å². The summed E-state index contributed by atoms with van der Waals surface area (Å²) in [5.74, 6) is 1.58. The fourth-order valence-electron chi connectivity index (χ4n) is 5.72. The quantitative estimate of drug-likeness (QED) is 0.348. The second-order valence-electron chi connectivity index (χ2n) is 10.4. The zero-order valence-electron chi connectivity index (χ0n) is 22.3. The Labute approximate surface area is 238 Å². The molecule has 4 aromatic rings. The number of fused-ring (bicyclic) bond motifs is 3. The minimum atomic E-state index is -4.54. The third-order valence-corrected chi connectivity index (χ3v) is 7.82. The molecule has 4 heterocycles. The number of amides is 1. The molecule has 13 heteroatoms. The maximum Gasteiger partial charge on any atom is 0.416 e. The molecular weight excluding hydrogens is 555 g/mol. The summed E-state index contributed by atoms with van der Waals surface area (Å²) in [6.45, 7) is 3.08. The van der Waals surface area contributed by atoms with E-state index in [4.69, 9.17) is 18.9 Å². The highest BCUT2D eigenvalue weighted by Crippen LogP contribution is 2.37. The third-order valence-electron chi connectivity index (χ3n) is 7.82. The van der Waals surface area contributed by atoms with Crippen LogP contribution in [0.25, 0.3) is 11.0 Å². The molecule has 0 saturated carbocycles. The number of alkyl halides is 3. The lowest BCUT2D eigenvalue weighted by molar-refractivity contribution is -0.137. The molecule has 218 valence electrons. The Morgan fingerprint density at radius 2 is 1.43 bits per heavy atom. The molecule has 3 aliphatic rings. The van der Waals surface area contributed by atoms with Gasteiger partial charge in [-0.2, -0.15) is 17.9 Å². The van der Waals surface area contributed by atoms with E-state index in [0.717, 1.165) is 50.6 Å². The van der Waals surface area contributed by atoms with Crippen LogP contribution in [0.5, 0.6) is 11.5 Å². The van der Waals surface area contributed by atoms with Gasteiger partial charge in [0, 0.05) is 37.3 Å². The topological polar surface area (TPSA) is 91.2 Å². The lowest BCUT2D eigenvalue weighted by Crippen LogP contribution is -2.51. The van der Waals surface area contributed by atoms with Gasteiger partial charge in [0.1, 0.15) is 22.5 Å². The Kier molecular flexibility index (Phi) is 6.72. The molecule has 1 fully saturated rings. The van der Waals surface area contributed by atoms with Crippen molar-refractivity contribution in [2.45, 2.75) is 25.4 Å². The molecule has 0 aliphatic carbocycles. The fourth-order valence-corrected chi connectivity index (χ4v) is 5.72. The molecule has 3 aromatic carbocycles. The molecule has 0 atom stereocenters. The molecular formula is C29H26F3N5O5. The lowest BCUT2D eigenvalue weighted by atomic mass is 9.93. The van der Waals surface area contributed by atoms with Crippen molar-refractivity contribution in [2.75, 3.05) is 39.8 Å². The SMILES string of the molecule is O=C(N1CCN(C(c2ccc3c(c2)COCO3)c2ccc3c(c2)COCO3)CC1)n1nnc2ccc(C(F)(F)F)cc21. The van der Waals surface area contributed by atoms with E-state index >= 15 is 0 Å². The van der Waals surface area contributed by atoms with Crippen molar-refractivity contribution in [1.29, 1.82) is 0 Å². The van der Waals surface area contributed by atoms with Crippen molar-refractivity contribution in [1.82, 2.24) is 24.8 Å². The summed E-state index contributed by atoms with van der Waals surface area (Å²) in [5.41, 5.74) is 3.38. The first-order valence-corrected chi connectivity index (χ1v) is 13.5. The van der Waals surface area contributed by atoms with Gasteiger partial charge in [-0.15, -0.1) is 5.10 Å². The average molecular weight is 582 g/mol. The van der Waals surface area contributed by atoms with Crippen LogP contribution in [-0.2, 0) is 28.9 Å². The van der Waals surface area contributed by atoms with E-state index in [2.05, 4.69) is 27.3 Å². The highest BCUT2D eigenvalue weighted by Gasteiger charge is 2.33. The molecule has 0 N–H and O–H groups in total. The summed E-state index contributed by atoms with van der Waals surface area (Å²) in [6.07, 6.45) is -4.54. The van der Waals surface area contributed by atoms with Crippen LogP contribution in [0, 0.1) is 0 Å². The Bertz CT molecular complexity index is 1590. The first kappa shape index (κ1) is 26.7. The van der Waals surface area contributed by atoms with Crippen LogP contribution >= 0.6 is 0 Å². The molecule has 0 spiro atoms. The molecule has 7 rings (SSSR count). The van der Waals surface area contributed by atoms with Gasteiger partial charge in [0.05, 0.1) is 24.8 Å². The molecule has 3 aliphatic heterocycles. The number of halogens is 3. The molecule has 0 radical (unpaired) electrons. The van der Waals surface area contributed by atoms with Crippen molar-refractivity contribution in [3.05, 3.63) is 82.4 Å². The summed E-state index contributed by atoms with van der Waals surface area (Å²) in [5, 5.41) is 7.77. The van der Waals surface area contributed by atoms with Crippen molar-refractivity contribution in [3.8, 4) is 11.5 Å². The highest BCUT2D eigenvalue weighted by molar-refractivity contribution is 5.88. The Balaban J connectivity index is 1.16. The average Bonchev–Trinajstić information content (AvgIpc) is 3.44. The van der Waals surface area contributed by atoms with Gasteiger partial charge < -0.3 is 23.8 Å². The van der Waals surface area contributed by atoms with Crippen LogP contribution in [-0.4, -0.2) is 70.6 Å². The highest BCUT2D eigenvalue weighted by atomic mass is 19.4. The maximum atomic E-state index is 13.4. The standard InChI is InChI=1S/C29H26F3N5O5/c30-29(31,32)22-3-4-23-24(13-22)37(34-33-23)28(38)36-9-7-35(8-10-36)27(18-1-5-25-20(11-18)14-39-16-41-25)19-2-6-26-21(12-19)15-40-17-42-26/h1-6,11-13,27H,7-10,14-17H2. The van der Waals surface area contributed by atoms with Crippen molar-refractivity contribution in [2.24, 2.45) is 0 Å². The zero-order chi connectivity index (χ0) is 28.8. The van der Waals surface area contributed by atoms with Gasteiger partial charge in [-0.3, -0.25) is 4.90 Å². The van der Waals surface area contributed by atoms with E-state index in [9.17, 15) is 18.0 Å². The molecule has 10 nitrogen and oxygen atoms in total. The predicted octanol–water partition coefficient (Wildman–Crippen LogP) is 4.56. The van der Waals surface area contributed by atoms with Crippen molar-refractivity contribution < 1.29 is 36.9 Å². The van der Waals surface area contributed by atoms with E-state index in [-0.39, 0.29) is 30.7 Å². The van der Waals surface area contributed by atoms with E-state index in [0.29, 0.717) is 39.4 Å². The molecule has 42 heavy (non-hydrogen) atoms. The monoisotopic (exact) mass is 581 g/mol. The van der Waals surface area contributed by atoms with Crippen LogP contribution in [0.3, 0.4) is 0 Å². The minimum absolute atomic E-state index is 0.0205. The van der Waals surface area contributed by atoms with Gasteiger partial charge in [-0.1, -0.05) is 17.3 Å². The van der Waals surface area contributed by atoms with Gasteiger partial charge in [0.25, 0.3) is 0 Å². The lowest BCUT2D eigenvalue weighted by Gasteiger charge is -2.40. The number of ether oxygens (including phenoxy) is 4. The number of carbonyl (C=O) groups excluding carboxylic acids is 1. The second-order valence-corrected chi connectivity index (χ2v) is 10.4. The third kappa shape index (κ3) is 4.93. The second kappa shape index (κ2) is 10.6. The first-order valence-electron chi connectivity index (χ1n) is 13.5. The summed E-state index contributed by atoms with van der Waals surface area (Å²) >= 11 is 0. The normalized spacial score (nSPS) is 17.5. The Hall–Kier alpha value is -4.20. The fraction of sp³-hybridized carbons (Fsp3) is 0.345. The molecule has 0 bridgehead atoms. The molecule has 1 saturated heterocycles. The van der Waals surface area contributed by atoms with Crippen LogP contribution in [0.15, 0.2) is 54.6 Å². The van der Waals surface area contributed by atoms with Crippen LogP contribution in [0.4, 0.5) is 18.0 Å². The molecule has 1 aromatic heterocycles. The van der Waals surface area contributed by atoms with E-state index in [1.807, 2.05) is 24.3 Å². The number of piperazine rings is 1. The zero-order valence-corrected chi connectivity index (χ0v) is 22.3. The summed E-state index contributed by atoms with van der Waals surface area (Å²) < 4.78 is 63.2. The van der Waals surface area contributed by atoms with Crippen LogP contribution in [0.1, 0.15) is 33.9 Å². The largest absolute Gasteiger partial charge is 0.467 e. The first-order chi connectivity index (χ1) is 20.3. The Morgan fingerprint density at radius 3 is 2.02 bits per heavy atom. The van der Waals surface area contributed by atoms with E-state index in [1.165, 1.54) is 6.07 Å². The number of hydrogen-bond acceptors (Lipinski definition) is 8. The number of rotatable bonds is 3. The minimum Gasteiger partial charge on any atom is -0.467 e. The Morgan fingerprint density at radius 1 is 0.810 bits per heavy atom. The number of benzene rings is 3. The molecule has 1 amide bonds. The van der Waals surface area contributed by atoms with Gasteiger partial charge in [-0.25, -0.2) is 4.79 Å². The summed E-state index contributed by atoms with van der Waals surface area (Å²) in [6, 6.07) is 14.6. The smallest absolute Gasteiger partial charge is 0.416 e. The number of carbonyl (C=O) groups is 1.